The topological polar surface area (TPSA) is 51.0 Å². The first-order valence-electron chi connectivity index (χ1n) is 7.40. The maximum Gasteiger partial charge on any atom is 0.140 e. The second kappa shape index (κ2) is 6.05. The first-order chi connectivity index (χ1) is 10.5. The molecule has 0 spiro atoms. The summed E-state index contributed by atoms with van der Waals surface area (Å²) in [6, 6.07) is 7.94. The van der Waals surface area contributed by atoms with Crippen molar-refractivity contribution in [1.29, 1.82) is 0 Å². The zero-order valence-electron chi connectivity index (χ0n) is 12.9. The van der Waals surface area contributed by atoms with Crippen molar-refractivity contribution >= 4 is 22.5 Å². The first-order valence-corrected chi connectivity index (χ1v) is 7.78. The summed E-state index contributed by atoms with van der Waals surface area (Å²) in [5.41, 5.74) is 3.12. The Balaban J connectivity index is 1.74. The molecule has 0 aliphatic heterocycles. The number of aryl methyl sites for hydroxylation is 1. The molecule has 0 aliphatic rings. The third kappa shape index (κ3) is 3.12. The molecule has 2 aromatic heterocycles. The van der Waals surface area contributed by atoms with Crippen LogP contribution in [0, 0.1) is 6.92 Å². The molecule has 5 heteroatoms. The number of hydrogen-bond donors (Lipinski definition) is 1. The highest BCUT2D eigenvalue weighted by Gasteiger charge is 2.10. The van der Waals surface area contributed by atoms with Crippen LogP contribution in [-0.4, -0.2) is 16.7 Å². The van der Waals surface area contributed by atoms with Crippen molar-refractivity contribution in [1.82, 2.24) is 10.1 Å². The normalized spacial score (nSPS) is 11.5. The average molecular weight is 319 g/mol. The number of ether oxygens (including phenoxy) is 1. The minimum absolute atomic E-state index is 0.450. The highest BCUT2D eigenvalue weighted by atomic mass is 35.5. The van der Waals surface area contributed by atoms with Gasteiger partial charge in [0.2, 0.25) is 0 Å². The van der Waals surface area contributed by atoms with Crippen LogP contribution in [0.25, 0.3) is 10.9 Å². The van der Waals surface area contributed by atoms with E-state index in [0.717, 1.165) is 22.4 Å². The molecule has 0 fully saturated rings. The van der Waals surface area contributed by atoms with Crippen LogP contribution in [0.3, 0.4) is 0 Å². The van der Waals surface area contributed by atoms with E-state index in [0.29, 0.717) is 29.7 Å². The molecular weight excluding hydrogens is 300 g/mol. The lowest BCUT2D eigenvalue weighted by Gasteiger charge is -2.07. The fraction of sp³-hybridized carbons (Fsp3) is 0.353. The smallest absolute Gasteiger partial charge is 0.140 e. The van der Waals surface area contributed by atoms with E-state index >= 15 is 0 Å². The second-order valence-electron chi connectivity index (χ2n) is 5.78. The van der Waals surface area contributed by atoms with E-state index in [-0.39, 0.29) is 0 Å². The van der Waals surface area contributed by atoms with E-state index < -0.39 is 0 Å². The van der Waals surface area contributed by atoms with Crippen LogP contribution in [0.15, 0.2) is 28.8 Å². The van der Waals surface area contributed by atoms with Gasteiger partial charge in [0, 0.05) is 35.2 Å². The number of hydrogen-bond acceptors (Lipinski definition) is 3. The van der Waals surface area contributed by atoms with Crippen LogP contribution in [0.4, 0.5) is 0 Å². The maximum absolute atomic E-state index is 6.30. The number of rotatable bonds is 5. The van der Waals surface area contributed by atoms with E-state index in [9.17, 15) is 0 Å². The molecule has 0 saturated carbocycles. The van der Waals surface area contributed by atoms with Gasteiger partial charge >= 0.3 is 0 Å². The standard InChI is InChI=1S/C17H19ClN2O2/c1-10(2)15-8-12-7-14(18)17(9-16(12)19-15)21-5-4-13-6-11(3)22-20-13/h6-10,19H,4-5H2,1-3H3. The molecule has 0 radical (unpaired) electrons. The van der Waals surface area contributed by atoms with Crippen molar-refractivity contribution in [3.05, 3.63) is 46.4 Å². The molecule has 3 aromatic rings. The Labute approximate surface area is 134 Å². The zero-order valence-corrected chi connectivity index (χ0v) is 13.7. The molecule has 0 saturated heterocycles. The Bertz CT molecular complexity index is 789. The highest BCUT2D eigenvalue weighted by Crippen LogP contribution is 2.31. The monoisotopic (exact) mass is 318 g/mol. The zero-order chi connectivity index (χ0) is 15.7. The molecule has 0 aliphatic carbocycles. The van der Waals surface area contributed by atoms with Gasteiger partial charge in [-0.05, 0) is 25.0 Å². The number of H-pyrrole nitrogens is 1. The summed E-state index contributed by atoms with van der Waals surface area (Å²) in [4.78, 5) is 3.41. The van der Waals surface area contributed by atoms with Gasteiger partial charge in [0.1, 0.15) is 11.5 Å². The number of nitrogens with zero attached hydrogens (tertiary/aromatic N) is 1. The lowest BCUT2D eigenvalue weighted by atomic mass is 10.1. The molecule has 4 nitrogen and oxygen atoms in total. The van der Waals surface area contributed by atoms with E-state index in [1.54, 1.807) is 0 Å². The van der Waals surface area contributed by atoms with Gasteiger partial charge in [-0.15, -0.1) is 0 Å². The SMILES string of the molecule is Cc1cc(CCOc2cc3[nH]c(C(C)C)cc3cc2Cl)no1. The van der Waals surface area contributed by atoms with Gasteiger partial charge < -0.3 is 14.2 Å². The summed E-state index contributed by atoms with van der Waals surface area (Å²) in [7, 11) is 0. The summed E-state index contributed by atoms with van der Waals surface area (Å²) in [5.74, 6) is 1.94. The minimum Gasteiger partial charge on any atom is -0.492 e. The predicted molar refractivity (Wildman–Crippen MR) is 87.8 cm³/mol. The molecule has 1 N–H and O–H groups in total. The average Bonchev–Trinajstić information content (AvgIpc) is 3.05. The van der Waals surface area contributed by atoms with E-state index in [1.165, 1.54) is 5.69 Å². The summed E-state index contributed by atoms with van der Waals surface area (Å²) in [6.07, 6.45) is 0.688. The quantitative estimate of drug-likeness (QED) is 0.730. The Kier molecular flexibility index (Phi) is 4.12. The third-order valence-electron chi connectivity index (χ3n) is 3.61. The Morgan fingerprint density at radius 3 is 2.77 bits per heavy atom. The number of nitrogens with one attached hydrogen (secondary N) is 1. The van der Waals surface area contributed by atoms with Crippen molar-refractivity contribution < 1.29 is 9.26 Å². The van der Waals surface area contributed by atoms with E-state index in [4.69, 9.17) is 20.9 Å². The number of aromatic amines is 1. The Morgan fingerprint density at radius 2 is 2.09 bits per heavy atom. The Hall–Kier alpha value is -1.94. The van der Waals surface area contributed by atoms with Crippen LogP contribution < -0.4 is 4.74 Å². The van der Waals surface area contributed by atoms with Gasteiger partial charge in [-0.3, -0.25) is 0 Å². The van der Waals surface area contributed by atoms with Crippen LogP contribution >= 0.6 is 11.6 Å². The van der Waals surface area contributed by atoms with Crippen molar-refractivity contribution in [2.75, 3.05) is 6.61 Å². The van der Waals surface area contributed by atoms with Gasteiger partial charge in [-0.2, -0.15) is 0 Å². The molecule has 0 unspecified atom stereocenters. The van der Waals surface area contributed by atoms with Gasteiger partial charge in [0.25, 0.3) is 0 Å². The third-order valence-corrected chi connectivity index (χ3v) is 3.90. The number of aromatic nitrogens is 2. The van der Waals surface area contributed by atoms with Gasteiger partial charge in [0.15, 0.2) is 0 Å². The fourth-order valence-corrected chi connectivity index (χ4v) is 2.61. The van der Waals surface area contributed by atoms with E-state index in [1.807, 2.05) is 25.1 Å². The fourth-order valence-electron chi connectivity index (χ4n) is 2.38. The summed E-state index contributed by atoms with van der Waals surface area (Å²) in [5, 5.41) is 5.68. The van der Waals surface area contributed by atoms with Crippen LogP contribution in [0.1, 0.15) is 36.9 Å². The highest BCUT2D eigenvalue weighted by molar-refractivity contribution is 6.32. The van der Waals surface area contributed by atoms with Gasteiger partial charge in [-0.25, -0.2) is 0 Å². The molecular formula is C17H19ClN2O2. The lowest BCUT2D eigenvalue weighted by molar-refractivity contribution is 0.315. The lowest BCUT2D eigenvalue weighted by Crippen LogP contribution is -2.02. The van der Waals surface area contributed by atoms with E-state index in [2.05, 4.69) is 30.1 Å². The molecule has 0 atom stereocenters. The van der Waals surface area contributed by atoms with Crippen LogP contribution in [-0.2, 0) is 6.42 Å². The molecule has 3 rings (SSSR count). The molecule has 116 valence electrons. The van der Waals surface area contributed by atoms with Gasteiger partial charge in [-0.1, -0.05) is 30.6 Å². The minimum atomic E-state index is 0.450. The van der Waals surface area contributed by atoms with Gasteiger partial charge in [0.05, 0.1) is 17.3 Å². The molecule has 0 bridgehead atoms. The maximum atomic E-state index is 6.30. The number of halogens is 1. The van der Waals surface area contributed by atoms with Crippen LogP contribution in [0.5, 0.6) is 5.75 Å². The first kappa shape index (κ1) is 15.0. The molecule has 1 aromatic carbocycles. The molecule has 22 heavy (non-hydrogen) atoms. The summed E-state index contributed by atoms with van der Waals surface area (Å²) >= 11 is 6.30. The van der Waals surface area contributed by atoms with Crippen molar-refractivity contribution in [2.45, 2.75) is 33.1 Å². The molecule has 2 heterocycles. The van der Waals surface area contributed by atoms with Crippen molar-refractivity contribution in [2.24, 2.45) is 0 Å². The largest absolute Gasteiger partial charge is 0.492 e. The summed E-state index contributed by atoms with van der Waals surface area (Å²) < 4.78 is 10.8. The van der Waals surface area contributed by atoms with Crippen molar-refractivity contribution in [3.8, 4) is 5.75 Å². The summed E-state index contributed by atoms with van der Waals surface area (Å²) in [6.45, 7) is 6.70. The molecule has 0 amide bonds. The van der Waals surface area contributed by atoms with Crippen LogP contribution in [0.2, 0.25) is 5.02 Å². The predicted octanol–water partition coefficient (Wildman–Crippen LogP) is 4.86. The number of fused-ring (bicyclic) bond motifs is 1. The second-order valence-corrected chi connectivity index (χ2v) is 6.18. The Morgan fingerprint density at radius 1 is 1.27 bits per heavy atom. The number of benzene rings is 1. The van der Waals surface area contributed by atoms with Crippen molar-refractivity contribution in [3.63, 3.8) is 0 Å².